The minimum Gasteiger partial charge on any atom is -0.327 e. The third kappa shape index (κ3) is 2.09. The fourth-order valence-electron chi connectivity index (χ4n) is 5.10. The van der Waals surface area contributed by atoms with E-state index >= 15 is 0 Å². The van der Waals surface area contributed by atoms with Crippen LogP contribution in [0.4, 0.5) is 13.2 Å². The van der Waals surface area contributed by atoms with Crippen LogP contribution >= 0.6 is 0 Å². The Balaban J connectivity index is 1.77. The molecule has 98 valence electrons. The highest BCUT2D eigenvalue weighted by Crippen LogP contribution is 2.61. The predicted octanol–water partition coefficient (Wildman–Crippen LogP) is 3.48. The first kappa shape index (κ1) is 11.8. The molecule has 0 amide bonds. The molecule has 0 saturated heterocycles. The van der Waals surface area contributed by atoms with Crippen molar-refractivity contribution in [1.29, 1.82) is 0 Å². The van der Waals surface area contributed by atoms with Gasteiger partial charge < -0.3 is 5.73 Å². The summed E-state index contributed by atoms with van der Waals surface area (Å²) in [5.74, 6) is 2.00. The minimum atomic E-state index is -4.11. The van der Waals surface area contributed by atoms with Gasteiger partial charge in [-0.25, -0.2) is 0 Å². The monoisotopic (exact) mass is 247 g/mol. The molecule has 0 heterocycles. The van der Waals surface area contributed by atoms with Crippen molar-refractivity contribution in [3.05, 3.63) is 0 Å². The Labute approximate surface area is 99.9 Å². The first-order chi connectivity index (χ1) is 7.86. The van der Waals surface area contributed by atoms with Gasteiger partial charge in [-0.05, 0) is 61.7 Å². The second-order valence-corrected chi connectivity index (χ2v) is 6.71. The quantitative estimate of drug-likeness (QED) is 0.794. The van der Waals surface area contributed by atoms with E-state index in [0.717, 1.165) is 19.3 Å². The van der Waals surface area contributed by atoms with Crippen LogP contribution in [0.5, 0.6) is 0 Å². The third-order valence-corrected chi connectivity index (χ3v) is 5.32. The molecule has 1 unspecified atom stereocenters. The predicted molar refractivity (Wildman–Crippen MR) is 59.3 cm³/mol. The summed E-state index contributed by atoms with van der Waals surface area (Å²) in [5.41, 5.74) is 5.76. The van der Waals surface area contributed by atoms with Crippen LogP contribution in [0, 0.1) is 23.2 Å². The Kier molecular flexibility index (Phi) is 2.52. The van der Waals surface area contributed by atoms with Gasteiger partial charge in [0.15, 0.2) is 0 Å². The second-order valence-electron chi connectivity index (χ2n) is 6.71. The van der Waals surface area contributed by atoms with Crippen molar-refractivity contribution in [3.8, 4) is 0 Å². The van der Waals surface area contributed by atoms with Crippen LogP contribution in [0.2, 0.25) is 0 Å². The van der Waals surface area contributed by atoms with Gasteiger partial charge in [-0.1, -0.05) is 0 Å². The van der Waals surface area contributed by atoms with Crippen LogP contribution in [0.25, 0.3) is 0 Å². The van der Waals surface area contributed by atoms with Crippen LogP contribution in [-0.4, -0.2) is 12.2 Å². The highest BCUT2D eigenvalue weighted by atomic mass is 19.4. The van der Waals surface area contributed by atoms with Gasteiger partial charge >= 0.3 is 6.18 Å². The number of hydrogen-bond donors (Lipinski definition) is 1. The summed E-state index contributed by atoms with van der Waals surface area (Å²) < 4.78 is 37.5. The van der Waals surface area contributed by atoms with E-state index in [-0.39, 0.29) is 5.41 Å². The van der Waals surface area contributed by atoms with E-state index in [1.54, 1.807) is 0 Å². The number of halogens is 3. The Morgan fingerprint density at radius 3 is 1.76 bits per heavy atom. The standard InChI is InChI=1S/C13H20F3N/c14-13(15,16)7-11(17)12-4-8-1-9(5-12)3-10(2-8)6-12/h8-11H,1-7,17H2. The summed E-state index contributed by atoms with van der Waals surface area (Å²) in [7, 11) is 0. The van der Waals surface area contributed by atoms with Crippen LogP contribution in [0.1, 0.15) is 44.9 Å². The van der Waals surface area contributed by atoms with Gasteiger partial charge in [-0.3, -0.25) is 0 Å². The van der Waals surface area contributed by atoms with E-state index in [0.29, 0.717) is 17.8 Å². The van der Waals surface area contributed by atoms with Crippen LogP contribution in [0.3, 0.4) is 0 Å². The summed E-state index contributed by atoms with van der Waals surface area (Å²) in [6, 6.07) is -0.670. The molecule has 1 atom stereocenters. The van der Waals surface area contributed by atoms with Crippen molar-refractivity contribution in [1.82, 2.24) is 0 Å². The molecular formula is C13H20F3N. The number of alkyl halides is 3. The zero-order valence-corrected chi connectivity index (χ0v) is 9.97. The van der Waals surface area contributed by atoms with Crippen LogP contribution in [0.15, 0.2) is 0 Å². The molecule has 0 spiro atoms. The van der Waals surface area contributed by atoms with Crippen molar-refractivity contribution in [2.75, 3.05) is 0 Å². The average Bonchev–Trinajstić information content (AvgIpc) is 2.12. The lowest BCUT2D eigenvalue weighted by Gasteiger charge is -2.59. The Morgan fingerprint density at radius 2 is 1.41 bits per heavy atom. The Morgan fingerprint density at radius 1 is 1.00 bits per heavy atom. The molecule has 4 heteroatoms. The molecule has 4 bridgehead atoms. The maximum Gasteiger partial charge on any atom is 0.390 e. The molecular weight excluding hydrogens is 227 g/mol. The molecule has 0 aromatic heterocycles. The van der Waals surface area contributed by atoms with Gasteiger partial charge in [-0.2, -0.15) is 13.2 Å². The van der Waals surface area contributed by atoms with E-state index < -0.39 is 18.6 Å². The zero-order chi connectivity index (χ0) is 12.3. The normalized spacial score (nSPS) is 46.2. The maximum atomic E-state index is 12.5. The van der Waals surface area contributed by atoms with E-state index in [9.17, 15) is 13.2 Å². The Bertz CT molecular complexity index is 275. The minimum absolute atomic E-state index is 0.176. The molecule has 4 saturated carbocycles. The SMILES string of the molecule is NC(CC(F)(F)F)C12CC3CC(CC(C3)C1)C2. The molecule has 1 nitrogen and oxygen atoms in total. The zero-order valence-electron chi connectivity index (χ0n) is 9.97. The fourth-order valence-corrected chi connectivity index (χ4v) is 5.10. The summed E-state index contributed by atoms with van der Waals surface area (Å²) in [6.07, 6.45) is 1.71. The molecule has 0 aromatic carbocycles. The van der Waals surface area contributed by atoms with Crippen molar-refractivity contribution in [2.45, 2.75) is 57.2 Å². The van der Waals surface area contributed by atoms with Gasteiger partial charge in [0.2, 0.25) is 0 Å². The molecule has 2 N–H and O–H groups in total. The molecule has 4 rings (SSSR count). The summed E-state index contributed by atoms with van der Waals surface area (Å²) in [4.78, 5) is 0. The summed E-state index contributed by atoms with van der Waals surface area (Å²) in [5, 5.41) is 0. The summed E-state index contributed by atoms with van der Waals surface area (Å²) in [6.45, 7) is 0. The molecule has 4 fully saturated rings. The third-order valence-electron chi connectivity index (χ3n) is 5.32. The number of hydrogen-bond acceptors (Lipinski definition) is 1. The molecule has 4 aliphatic rings. The molecule has 4 aliphatic carbocycles. The maximum absolute atomic E-state index is 12.5. The highest BCUT2D eigenvalue weighted by molar-refractivity contribution is 5.05. The summed E-state index contributed by atoms with van der Waals surface area (Å²) >= 11 is 0. The molecule has 0 radical (unpaired) electrons. The van der Waals surface area contributed by atoms with E-state index in [1.807, 2.05) is 0 Å². The lowest BCUT2D eigenvalue weighted by molar-refractivity contribution is -0.158. The Hall–Kier alpha value is -0.250. The topological polar surface area (TPSA) is 26.0 Å². The largest absolute Gasteiger partial charge is 0.390 e. The van der Waals surface area contributed by atoms with E-state index in [2.05, 4.69) is 0 Å². The fraction of sp³-hybridized carbons (Fsp3) is 1.00. The lowest BCUT2D eigenvalue weighted by Crippen LogP contribution is -2.55. The van der Waals surface area contributed by atoms with Crippen molar-refractivity contribution in [2.24, 2.45) is 28.9 Å². The van der Waals surface area contributed by atoms with E-state index in [1.165, 1.54) is 19.3 Å². The number of rotatable bonds is 2. The van der Waals surface area contributed by atoms with Crippen LogP contribution in [-0.2, 0) is 0 Å². The van der Waals surface area contributed by atoms with Gasteiger partial charge in [0.25, 0.3) is 0 Å². The first-order valence-electron chi connectivity index (χ1n) is 6.69. The number of nitrogens with two attached hydrogens (primary N) is 1. The first-order valence-corrected chi connectivity index (χ1v) is 6.69. The van der Waals surface area contributed by atoms with Crippen molar-refractivity contribution >= 4 is 0 Å². The van der Waals surface area contributed by atoms with Crippen molar-refractivity contribution in [3.63, 3.8) is 0 Å². The van der Waals surface area contributed by atoms with Gasteiger partial charge in [0.05, 0.1) is 6.42 Å². The average molecular weight is 247 g/mol. The van der Waals surface area contributed by atoms with Crippen molar-refractivity contribution < 1.29 is 13.2 Å². The van der Waals surface area contributed by atoms with Gasteiger partial charge in [0, 0.05) is 6.04 Å². The molecule has 0 aromatic rings. The van der Waals surface area contributed by atoms with Crippen LogP contribution < -0.4 is 5.73 Å². The molecule has 17 heavy (non-hydrogen) atoms. The highest BCUT2D eigenvalue weighted by Gasteiger charge is 2.54. The smallest absolute Gasteiger partial charge is 0.327 e. The van der Waals surface area contributed by atoms with Gasteiger partial charge in [0.1, 0.15) is 0 Å². The lowest BCUT2D eigenvalue weighted by atomic mass is 9.47. The van der Waals surface area contributed by atoms with E-state index in [4.69, 9.17) is 5.73 Å². The second kappa shape index (κ2) is 3.62. The van der Waals surface area contributed by atoms with Gasteiger partial charge in [-0.15, -0.1) is 0 Å². The molecule has 0 aliphatic heterocycles.